The topological polar surface area (TPSA) is 49.8 Å². The molecule has 4 heteroatoms. The zero-order valence-electron chi connectivity index (χ0n) is 10.1. The maximum atomic E-state index is 4.42. The summed E-state index contributed by atoms with van der Waals surface area (Å²) in [7, 11) is 1.84. The third-order valence-electron chi connectivity index (χ3n) is 3.23. The summed E-state index contributed by atoms with van der Waals surface area (Å²) in [5.41, 5.74) is 1.11. The van der Waals surface area contributed by atoms with Crippen LogP contribution in [0.3, 0.4) is 0 Å². The molecule has 0 spiro atoms. The molecular formula is C12H20N4. The van der Waals surface area contributed by atoms with E-state index in [1.165, 1.54) is 25.7 Å². The molecule has 0 atom stereocenters. The van der Waals surface area contributed by atoms with Crippen molar-refractivity contribution in [1.29, 1.82) is 0 Å². The van der Waals surface area contributed by atoms with Gasteiger partial charge in [-0.1, -0.05) is 12.8 Å². The van der Waals surface area contributed by atoms with Crippen molar-refractivity contribution < 1.29 is 0 Å². The third kappa shape index (κ3) is 2.62. The van der Waals surface area contributed by atoms with Gasteiger partial charge in [0, 0.05) is 25.4 Å². The normalized spacial score (nSPS) is 16.4. The number of aromatic nitrogens is 2. The molecule has 1 saturated carbocycles. The summed E-state index contributed by atoms with van der Waals surface area (Å²) in [5.74, 6) is 2.47. The van der Waals surface area contributed by atoms with E-state index in [0.29, 0.717) is 5.95 Å². The molecule has 1 aliphatic rings. The summed E-state index contributed by atoms with van der Waals surface area (Å²) in [6.45, 7) is 3.08. The molecule has 1 aliphatic carbocycles. The third-order valence-corrected chi connectivity index (χ3v) is 3.23. The first-order valence-corrected chi connectivity index (χ1v) is 6.05. The van der Waals surface area contributed by atoms with Crippen LogP contribution < -0.4 is 10.6 Å². The van der Waals surface area contributed by atoms with E-state index in [1.807, 2.05) is 20.2 Å². The van der Waals surface area contributed by atoms with Gasteiger partial charge in [0.25, 0.3) is 0 Å². The lowest BCUT2D eigenvalue weighted by atomic mass is 10.1. The van der Waals surface area contributed by atoms with Crippen molar-refractivity contribution >= 4 is 11.8 Å². The van der Waals surface area contributed by atoms with Gasteiger partial charge in [-0.25, -0.2) is 4.98 Å². The van der Waals surface area contributed by atoms with Crippen LogP contribution in [0.4, 0.5) is 11.8 Å². The summed E-state index contributed by atoms with van der Waals surface area (Å²) in [4.78, 5) is 8.59. The molecule has 0 radical (unpaired) electrons. The number of anilines is 2. The van der Waals surface area contributed by atoms with Crippen molar-refractivity contribution in [3.8, 4) is 0 Å². The minimum Gasteiger partial charge on any atom is -0.369 e. The first kappa shape index (κ1) is 11.2. The highest BCUT2D eigenvalue weighted by Crippen LogP contribution is 2.25. The van der Waals surface area contributed by atoms with Crippen molar-refractivity contribution in [2.45, 2.75) is 32.6 Å². The Kier molecular flexibility index (Phi) is 3.59. The van der Waals surface area contributed by atoms with Crippen LogP contribution in [-0.4, -0.2) is 23.6 Å². The van der Waals surface area contributed by atoms with Gasteiger partial charge in [-0.3, -0.25) is 0 Å². The molecule has 2 N–H and O–H groups in total. The van der Waals surface area contributed by atoms with Gasteiger partial charge in [0.1, 0.15) is 5.82 Å². The summed E-state index contributed by atoms with van der Waals surface area (Å²) in [5, 5.41) is 6.40. The van der Waals surface area contributed by atoms with E-state index in [0.717, 1.165) is 23.8 Å². The van der Waals surface area contributed by atoms with Gasteiger partial charge in [-0.15, -0.1) is 0 Å². The Labute approximate surface area is 96.9 Å². The maximum absolute atomic E-state index is 4.42. The van der Waals surface area contributed by atoms with Crippen molar-refractivity contribution in [3.63, 3.8) is 0 Å². The Morgan fingerprint density at radius 1 is 1.38 bits per heavy atom. The van der Waals surface area contributed by atoms with Gasteiger partial charge >= 0.3 is 0 Å². The first-order valence-electron chi connectivity index (χ1n) is 6.05. The monoisotopic (exact) mass is 220 g/mol. The van der Waals surface area contributed by atoms with Gasteiger partial charge < -0.3 is 10.6 Å². The van der Waals surface area contributed by atoms with Crippen molar-refractivity contribution in [2.75, 3.05) is 24.2 Å². The average Bonchev–Trinajstić information content (AvgIpc) is 2.81. The van der Waals surface area contributed by atoms with E-state index < -0.39 is 0 Å². The average molecular weight is 220 g/mol. The van der Waals surface area contributed by atoms with Crippen LogP contribution >= 0.6 is 0 Å². The highest BCUT2D eigenvalue weighted by molar-refractivity contribution is 5.46. The van der Waals surface area contributed by atoms with Crippen LogP contribution in [0.5, 0.6) is 0 Å². The summed E-state index contributed by atoms with van der Waals surface area (Å²) in [6.07, 6.45) is 7.34. The number of aryl methyl sites for hydroxylation is 1. The maximum Gasteiger partial charge on any atom is 0.224 e. The molecule has 0 amide bonds. The predicted octanol–water partition coefficient (Wildman–Crippen LogP) is 2.43. The van der Waals surface area contributed by atoms with Gasteiger partial charge in [0.15, 0.2) is 0 Å². The second-order valence-electron chi connectivity index (χ2n) is 4.51. The zero-order chi connectivity index (χ0) is 11.4. The minimum atomic E-state index is 0.680. The highest BCUT2D eigenvalue weighted by Gasteiger charge is 2.15. The number of nitrogens with zero attached hydrogens (tertiary/aromatic N) is 2. The Morgan fingerprint density at radius 2 is 2.12 bits per heavy atom. The number of hydrogen-bond donors (Lipinski definition) is 2. The number of nitrogens with one attached hydrogen (secondary N) is 2. The largest absolute Gasteiger partial charge is 0.369 e. The molecule has 88 valence electrons. The first-order chi connectivity index (χ1) is 7.79. The summed E-state index contributed by atoms with van der Waals surface area (Å²) in [6, 6.07) is 0. The van der Waals surface area contributed by atoms with Gasteiger partial charge in [-0.2, -0.15) is 4.98 Å². The second kappa shape index (κ2) is 5.14. The van der Waals surface area contributed by atoms with Crippen LogP contribution in [0, 0.1) is 12.8 Å². The fourth-order valence-corrected chi connectivity index (χ4v) is 2.20. The molecule has 0 saturated heterocycles. The van der Waals surface area contributed by atoms with E-state index in [4.69, 9.17) is 0 Å². The van der Waals surface area contributed by atoms with Gasteiger partial charge in [0.2, 0.25) is 5.95 Å². The lowest BCUT2D eigenvalue weighted by Gasteiger charge is -2.13. The van der Waals surface area contributed by atoms with E-state index in [1.54, 1.807) is 0 Å². The van der Waals surface area contributed by atoms with E-state index >= 15 is 0 Å². The van der Waals surface area contributed by atoms with E-state index in [-0.39, 0.29) is 0 Å². The highest BCUT2D eigenvalue weighted by atomic mass is 15.1. The SMILES string of the molecule is CNc1ncc(C)c(NCC2CCCC2)n1. The van der Waals surface area contributed by atoms with Crippen LogP contribution in [0.1, 0.15) is 31.2 Å². The predicted molar refractivity (Wildman–Crippen MR) is 66.8 cm³/mol. The fraction of sp³-hybridized carbons (Fsp3) is 0.667. The molecule has 0 aliphatic heterocycles. The second-order valence-corrected chi connectivity index (χ2v) is 4.51. The Bertz CT molecular complexity index is 345. The molecule has 0 bridgehead atoms. The molecule has 0 unspecified atom stereocenters. The molecule has 1 heterocycles. The van der Waals surface area contributed by atoms with E-state index in [2.05, 4.69) is 20.6 Å². The smallest absolute Gasteiger partial charge is 0.224 e. The molecule has 1 aromatic heterocycles. The summed E-state index contributed by atoms with van der Waals surface area (Å²) < 4.78 is 0. The van der Waals surface area contributed by atoms with Crippen molar-refractivity contribution in [3.05, 3.63) is 11.8 Å². The number of rotatable bonds is 4. The van der Waals surface area contributed by atoms with Crippen LogP contribution in [0.25, 0.3) is 0 Å². The molecule has 0 aromatic carbocycles. The standard InChI is InChI=1S/C12H20N4/c1-9-7-15-12(13-2)16-11(9)14-8-10-5-3-4-6-10/h7,10H,3-6,8H2,1-2H3,(H2,13,14,15,16). The number of hydrogen-bond acceptors (Lipinski definition) is 4. The van der Waals surface area contributed by atoms with Crippen LogP contribution in [-0.2, 0) is 0 Å². The molecule has 2 rings (SSSR count). The van der Waals surface area contributed by atoms with E-state index in [9.17, 15) is 0 Å². The molecule has 4 nitrogen and oxygen atoms in total. The zero-order valence-corrected chi connectivity index (χ0v) is 10.1. The lowest BCUT2D eigenvalue weighted by Crippen LogP contribution is -2.13. The molecular weight excluding hydrogens is 200 g/mol. The minimum absolute atomic E-state index is 0.680. The molecule has 1 fully saturated rings. The molecule has 1 aromatic rings. The van der Waals surface area contributed by atoms with Gasteiger partial charge in [0.05, 0.1) is 0 Å². The van der Waals surface area contributed by atoms with Crippen molar-refractivity contribution in [1.82, 2.24) is 9.97 Å². The Morgan fingerprint density at radius 3 is 2.81 bits per heavy atom. The Balaban J connectivity index is 1.96. The summed E-state index contributed by atoms with van der Waals surface area (Å²) >= 11 is 0. The van der Waals surface area contributed by atoms with Crippen LogP contribution in [0.2, 0.25) is 0 Å². The quantitative estimate of drug-likeness (QED) is 0.818. The lowest BCUT2D eigenvalue weighted by molar-refractivity contribution is 0.578. The Hall–Kier alpha value is -1.32. The molecule has 16 heavy (non-hydrogen) atoms. The van der Waals surface area contributed by atoms with Crippen LogP contribution in [0.15, 0.2) is 6.20 Å². The van der Waals surface area contributed by atoms with Gasteiger partial charge in [-0.05, 0) is 25.7 Å². The van der Waals surface area contributed by atoms with Crippen molar-refractivity contribution in [2.24, 2.45) is 5.92 Å². The fourth-order valence-electron chi connectivity index (χ4n) is 2.20.